The fraction of sp³-hybridized carbons (Fsp3) is 0.182. The summed E-state index contributed by atoms with van der Waals surface area (Å²) in [7, 11) is 0. The third-order valence-electron chi connectivity index (χ3n) is 4.55. The van der Waals surface area contributed by atoms with Crippen LogP contribution in [0.15, 0.2) is 67.0 Å². The second kappa shape index (κ2) is 8.78. The van der Waals surface area contributed by atoms with E-state index in [9.17, 15) is 15.4 Å². The molecule has 0 unspecified atom stereocenters. The van der Waals surface area contributed by atoms with Gasteiger partial charge in [-0.2, -0.15) is 5.26 Å². The summed E-state index contributed by atoms with van der Waals surface area (Å²) in [6.07, 6.45) is 4.47. The molecule has 0 aliphatic carbocycles. The van der Waals surface area contributed by atoms with Gasteiger partial charge < -0.3 is 4.90 Å². The number of hydrogen-bond donors (Lipinski definition) is 0. The minimum absolute atomic E-state index is 0.0890. The standard InChI is InChI=1S/C22H20N4O2/c1-2-17-5-7-18(8-6-17)15-25(16-19-4-3-11-24-14-19)22-10-9-21(26(27)28)12-20(22)13-23/h3-12,14H,2,15-16H2,1H3. The van der Waals surface area contributed by atoms with Crippen LogP contribution in [0.1, 0.15) is 29.2 Å². The van der Waals surface area contributed by atoms with Crippen molar-refractivity contribution < 1.29 is 4.92 Å². The maximum absolute atomic E-state index is 11.1. The molecule has 0 bridgehead atoms. The summed E-state index contributed by atoms with van der Waals surface area (Å²) in [5.41, 5.74) is 4.21. The van der Waals surface area contributed by atoms with Gasteiger partial charge in [-0.05, 0) is 35.2 Å². The van der Waals surface area contributed by atoms with E-state index in [0.29, 0.717) is 18.8 Å². The van der Waals surface area contributed by atoms with Crippen molar-refractivity contribution in [2.75, 3.05) is 4.90 Å². The molecule has 0 amide bonds. The van der Waals surface area contributed by atoms with Gasteiger partial charge in [0.2, 0.25) is 0 Å². The lowest BCUT2D eigenvalue weighted by Gasteiger charge is -2.26. The molecular weight excluding hydrogens is 352 g/mol. The predicted octanol–water partition coefficient (Wildman–Crippen LogP) is 4.63. The zero-order valence-electron chi connectivity index (χ0n) is 15.6. The van der Waals surface area contributed by atoms with Crippen molar-refractivity contribution in [3.63, 3.8) is 0 Å². The topological polar surface area (TPSA) is 83.1 Å². The van der Waals surface area contributed by atoms with Gasteiger partial charge in [-0.1, -0.05) is 37.3 Å². The predicted molar refractivity (Wildman–Crippen MR) is 108 cm³/mol. The number of nitro groups is 1. The van der Waals surface area contributed by atoms with Gasteiger partial charge in [0.15, 0.2) is 0 Å². The molecule has 6 heteroatoms. The normalized spacial score (nSPS) is 10.3. The van der Waals surface area contributed by atoms with Crippen LogP contribution < -0.4 is 4.90 Å². The summed E-state index contributed by atoms with van der Waals surface area (Å²) in [6.45, 7) is 3.22. The van der Waals surface area contributed by atoms with Gasteiger partial charge >= 0.3 is 0 Å². The Morgan fingerprint density at radius 3 is 2.39 bits per heavy atom. The molecule has 0 aliphatic rings. The SMILES string of the molecule is CCc1ccc(CN(Cc2cccnc2)c2ccc([N+](=O)[O-])cc2C#N)cc1. The molecule has 0 N–H and O–H groups in total. The Bertz CT molecular complexity index is 995. The van der Waals surface area contributed by atoms with Crippen LogP contribution in [0.3, 0.4) is 0 Å². The molecule has 0 saturated heterocycles. The van der Waals surface area contributed by atoms with Crippen LogP contribution in [0, 0.1) is 21.4 Å². The number of nitrogens with zero attached hydrogens (tertiary/aromatic N) is 4. The summed E-state index contributed by atoms with van der Waals surface area (Å²) in [6, 6.07) is 18.7. The van der Waals surface area contributed by atoms with E-state index in [0.717, 1.165) is 17.5 Å². The van der Waals surface area contributed by atoms with Crippen molar-refractivity contribution >= 4 is 11.4 Å². The zero-order valence-corrected chi connectivity index (χ0v) is 15.6. The van der Waals surface area contributed by atoms with Crippen LogP contribution in [0.4, 0.5) is 11.4 Å². The molecule has 0 fully saturated rings. The second-order valence-electron chi connectivity index (χ2n) is 6.46. The molecule has 1 heterocycles. The summed E-state index contributed by atoms with van der Waals surface area (Å²) >= 11 is 0. The fourth-order valence-corrected chi connectivity index (χ4v) is 3.04. The number of anilines is 1. The van der Waals surface area contributed by atoms with Crippen LogP contribution in [0.25, 0.3) is 0 Å². The quantitative estimate of drug-likeness (QED) is 0.446. The molecule has 140 valence electrons. The van der Waals surface area contributed by atoms with Crippen LogP contribution in [0.2, 0.25) is 0 Å². The molecule has 2 aromatic carbocycles. The third-order valence-corrected chi connectivity index (χ3v) is 4.55. The minimum atomic E-state index is -0.487. The Kier molecular flexibility index (Phi) is 5.97. The number of non-ortho nitro benzene ring substituents is 1. The first-order chi connectivity index (χ1) is 13.6. The number of hydrogen-bond acceptors (Lipinski definition) is 5. The molecule has 28 heavy (non-hydrogen) atoms. The minimum Gasteiger partial charge on any atom is -0.362 e. The van der Waals surface area contributed by atoms with Crippen molar-refractivity contribution in [1.82, 2.24) is 4.98 Å². The molecule has 1 aromatic heterocycles. The van der Waals surface area contributed by atoms with Crippen LogP contribution in [0.5, 0.6) is 0 Å². The van der Waals surface area contributed by atoms with E-state index in [1.54, 1.807) is 18.5 Å². The average Bonchev–Trinajstić information content (AvgIpc) is 2.74. The third kappa shape index (κ3) is 4.51. The summed E-state index contributed by atoms with van der Waals surface area (Å²) in [5, 5.41) is 20.6. The van der Waals surface area contributed by atoms with E-state index in [-0.39, 0.29) is 11.3 Å². The Balaban J connectivity index is 1.97. The number of nitriles is 1. The lowest BCUT2D eigenvalue weighted by molar-refractivity contribution is -0.384. The van der Waals surface area contributed by atoms with E-state index >= 15 is 0 Å². The maximum Gasteiger partial charge on any atom is 0.270 e. The van der Waals surface area contributed by atoms with E-state index in [1.807, 2.05) is 17.0 Å². The van der Waals surface area contributed by atoms with Gasteiger partial charge in [-0.25, -0.2) is 0 Å². The van der Waals surface area contributed by atoms with E-state index in [2.05, 4.69) is 42.2 Å². The molecule has 3 aromatic rings. The highest BCUT2D eigenvalue weighted by molar-refractivity contribution is 5.63. The maximum atomic E-state index is 11.1. The zero-order chi connectivity index (χ0) is 19.9. The molecule has 0 atom stereocenters. The largest absolute Gasteiger partial charge is 0.362 e. The molecule has 0 radical (unpaired) electrons. The first kappa shape index (κ1) is 19.1. The lowest BCUT2D eigenvalue weighted by atomic mass is 10.1. The lowest BCUT2D eigenvalue weighted by Crippen LogP contribution is -2.23. The fourth-order valence-electron chi connectivity index (χ4n) is 3.04. The summed E-state index contributed by atoms with van der Waals surface area (Å²) < 4.78 is 0. The highest BCUT2D eigenvalue weighted by Crippen LogP contribution is 2.28. The van der Waals surface area contributed by atoms with E-state index in [4.69, 9.17) is 0 Å². The first-order valence-corrected chi connectivity index (χ1v) is 9.01. The van der Waals surface area contributed by atoms with Crippen molar-refractivity contribution in [2.45, 2.75) is 26.4 Å². The van der Waals surface area contributed by atoms with Gasteiger partial charge in [0, 0.05) is 37.6 Å². The van der Waals surface area contributed by atoms with Crippen LogP contribution in [-0.4, -0.2) is 9.91 Å². The van der Waals surface area contributed by atoms with Crippen molar-refractivity contribution in [2.24, 2.45) is 0 Å². The number of nitro benzene ring substituents is 1. The van der Waals surface area contributed by atoms with Gasteiger partial charge in [0.05, 0.1) is 16.2 Å². The summed E-state index contributed by atoms with van der Waals surface area (Å²) in [4.78, 5) is 16.8. The number of benzene rings is 2. The molecule has 6 nitrogen and oxygen atoms in total. The van der Waals surface area contributed by atoms with Crippen molar-refractivity contribution in [1.29, 1.82) is 5.26 Å². The molecular formula is C22H20N4O2. The van der Waals surface area contributed by atoms with Gasteiger partial charge in [-0.3, -0.25) is 15.1 Å². The van der Waals surface area contributed by atoms with Crippen LogP contribution in [-0.2, 0) is 19.5 Å². The molecule has 0 aliphatic heterocycles. The van der Waals surface area contributed by atoms with Crippen LogP contribution >= 0.6 is 0 Å². The average molecular weight is 372 g/mol. The molecule has 3 rings (SSSR count). The molecule has 0 saturated carbocycles. The van der Waals surface area contributed by atoms with Gasteiger partial charge in [-0.15, -0.1) is 0 Å². The number of rotatable bonds is 7. The number of pyridine rings is 1. The molecule has 0 spiro atoms. The Morgan fingerprint density at radius 2 is 1.79 bits per heavy atom. The number of aryl methyl sites for hydroxylation is 1. The highest BCUT2D eigenvalue weighted by atomic mass is 16.6. The second-order valence-corrected chi connectivity index (χ2v) is 6.46. The van der Waals surface area contributed by atoms with Crippen molar-refractivity contribution in [3.8, 4) is 6.07 Å². The highest BCUT2D eigenvalue weighted by Gasteiger charge is 2.17. The van der Waals surface area contributed by atoms with Gasteiger partial charge in [0.25, 0.3) is 5.69 Å². The van der Waals surface area contributed by atoms with Crippen molar-refractivity contribution in [3.05, 3.63) is 99.4 Å². The monoisotopic (exact) mass is 372 g/mol. The Labute approximate surface area is 163 Å². The first-order valence-electron chi connectivity index (χ1n) is 9.01. The van der Waals surface area contributed by atoms with E-state index in [1.165, 1.54) is 17.7 Å². The summed E-state index contributed by atoms with van der Waals surface area (Å²) in [5.74, 6) is 0. The number of aromatic nitrogens is 1. The van der Waals surface area contributed by atoms with Gasteiger partial charge in [0.1, 0.15) is 6.07 Å². The Hall–Kier alpha value is -3.72. The Morgan fingerprint density at radius 1 is 1.07 bits per heavy atom. The van der Waals surface area contributed by atoms with E-state index < -0.39 is 4.92 Å². The smallest absolute Gasteiger partial charge is 0.270 e.